The first-order valence-corrected chi connectivity index (χ1v) is 3.21. The molecule has 52 valence electrons. The van der Waals surface area contributed by atoms with Gasteiger partial charge in [-0.25, -0.2) is 4.42 Å². The average molecular weight is 176 g/mol. The van der Waals surface area contributed by atoms with Crippen LogP contribution in [0.1, 0.15) is 0 Å². The quantitative estimate of drug-likeness (QED) is 0.414. The van der Waals surface area contributed by atoms with Crippen LogP contribution in [0.5, 0.6) is 0 Å². The minimum atomic E-state index is -0.695. The molecular formula is C5H3Cl2N3. The molecule has 0 saturated heterocycles. The van der Waals surface area contributed by atoms with Crippen molar-refractivity contribution in [2.75, 3.05) is 0 Å². The second-order valence-electron chi connectivity index (χ2n) is 1.60. The fourth-order valence-corrected chi connectivity index (χ4v) is 0.816. The molecule has 0 aromatic heterocycles. The van der Waals surface area contributed by atoms with Crippen LogP contribution in [0.4, 0.5) is 0 Å². The molecule has 0 fully saturated rings. The molecule has 0 radical (unpaired) electrons. The Morgan fingerprint density at radius 3 is 3.00 bits per heavy atom. The van der Waals surface area contributed by atoms with Crippen LogP contribution in [-0.4, -0.2) is 16.8 Å². The average Bonchev–Trinajstić information content (AvgIpc) is 1.95. The monoisotopic (exact) mass is 175 g/mol. The standard InChI is InChI=1S/C5H3Cl2N3/c6-4-1-2-9-5(3-8)10(4)7/h1-2,5H. The summed E-state index contributed by atoms with van der Waals surface area (Å²) in [7, 11) is 0. The van der Waals surface area contributed by atoms with Gasteiger partial charge in [0.25, 0.3) is 0 Å². The van der Waals surface area contributed by atoms with Crippen LogP contribution in [0.3, 0.4) is 0 Å². The van der Waals surface area contributed by atoms with Crippen LogP contribution in [0.15, 0.2) is 16.2 Å². The van der Waals surface area contributed by atoms with Gasteiger partial charge in [-0.1, -0.05) is 11.6 Å². The lowest BCUT2D eigenvalue weighted by Gasteiger charge is -2.18. The molecule has 1 atom stereocenters. The van der Waals surface area contributed by atoms with Crippen LogP contribution in [0, 0.1) is 11.3 Å². The summed E-state index contributed by atoms with van der Waals surface area (Å²) in [5.41, 5.74) is 0. The number of nitriles is 1. The van der Waals surface area contributed by atoms with E-state index < -0.39 is 6.17 Å². The zero-order chi connectivity index (χ0) is 7.56. The summed E-state index contributed by atoms with van der Waals surface area (Å²) in [6, 6.07) is 1.85. The second kappa shape index (κ2) is 2.91. The summed E-state index contributed by atoms with van der Waals surface area (Å²) in [6.07, 6.45) is 2.27. The van der Waals surface area contributed by atoms with E-state index in [4.69, 9.17) is 28.6 Å². The Morgan fingerprint density at radius 1 is 1.80 bits per heavy atom. The maximum Gasteiger partial charge on any atom is 0.223 e. The van der Waals surface area contributed by atoms with Crippen molar-refractivity contribution in [3.63, 3.8) is 0 Å². The summed E-state index contributed by atoms with van der Waals surface area (Å²) in [5.74, 6) is 0. The van der Waals surface area contributed by atoms with E-state index in [0.29, 0.717) is 5.16 Å². The van der Waals surface area contributed by atoms with Crippen LogP contribution < -0.4 is 0 Å². The third-order valence-corrected chi connectivity index (χ3v) is 1.74. The van der Waals surface area contributed by atoms with Crippen LogP contribution in [-0.2, 0) is 0 Å². The van der Waals surface area contributed by atoms with Crippen molar-refractivity contribution in [3.05, 3.63) is 11.2 Å². The van der Waals surface area contributed by atoms with Gasteiger partial charge in [0.2, 0.25) is 6.17 Å². The summed E-state index contributed by atoms with van der Waals surface area (Å²) in [5, 5.41) is 8.71. The lowest BCUT2D eigenvalue weighted by atomic mass is 10.5. The van der Waals surface area contributed by atoms with Crippen LogP contribution >= 0.6 is 23.4 Å². The van der Waals surface area contributed by atoms with Crippen molar-refractivity contribution in [1.29, 1.82) is 5.26 Å². The van der Waals surface area contributed by atoms with Crippen molar-refractivity contribution in [3.8, 4) is 6.07 Å². The van der Waals surface area contributed by atoms with Gasteiger partial charge in [0.1, 0.15) is 11.2 Å². The molecule has 0 aliphatic carbocycles. The first kappa shape index (κ1) is 7.39. The zero-order valence-electron chi connectivity index (χ0n) is 4.83. The van der Waals surface area contributed by atoms with Crippen LogP contribution in [0.25, 0.3) is 0 Å². The molecule has 1 aliphatic heterocycles. The van der Waals surface area contributed by atoms with Crippen LogP contribution in [0.2, 0.25) is 0 Å². The van der Waals surface area contributed by atoms with Gasteiger partial charge in [-0.3, -0.25) is 4.99 Å². The molecule has 0 N–H and O–H groups in total. The minimum absolute atomic E-state index is 0.309. The highest BCUT2D eigenvalue weighted by Gasteiger charge is 2.17. The van der Waals surface area contributed by atoms with Crippen molar-refractivity contribution in [2.24, 2.45) is 4.99 Å². The minimum Gasteiger partial charge on any atom is -0.252 e. The van der Waals surface area contributed by atoms with Crippen molar-refractivity contribution in [1.82, 2.24) is 4.42 Å². The summed E-state index contributed by atoms with van der Waals surface area (Å²) in [4.78, 5) is 3.73. The molecule has 1 aliphatic rings. The Bertz CT molecular complexity index is 228. The highest BCUT2D eigenvalue weighted by atomic mass is 35.5. The third-order valence-electron chi connectivity index (χ3n) is 0.974. The lowest BCUT2D eigenvalue weighted by molar-refractivity contribution is 0.513. The molecule has 5 heteroatoms. The Labute approximate surface area is 68.3 Å². The largest absolute Gasteiger partial charge is 0.252 e. The number of halogens is 2. The topological polar surface area (TPSA) is 39.4 Å². The van der Waals surface area contributed by atoms with E-state index in [2.05, 4.69) is 4.99 Å². The Hall–Kier alpha value is -0.720. The van der Waals surface area contributed by atoms with E-state index in [1.165, 1.54) is 12.3 Å². The molecule has 0 aromatic carbocycles. The predicted octanol–water partition coefficient (Wildman–Crippen LogP) is 1.46. The SMILES string of the molecule is N#CC1N=CC=C(Cl)N1Cl. The van der Waals surface area contributed by atoms with E-state index in [0.717, 1.165) is 4.42 Å². The van der Waals surface area contributed by atoms with Gasteiger partial charge >= 0.3 is 0 Å². The number of hydrogen-bond donors (Lipinski definition) is 0. The van der Waals surface area contributed by atoms with Gasteiger partial charge in [-0.05, 0) is 6.08 Å². The maximum atomic E-state index is 8.40. The molecule has 0 saturated carbocycles. The Morgan fingerprint density at radius 2 is 2.50 bits per heavy atom. The van der Waals surface area contributed by atoms with Gasteiger partial charge in [0.05, 0.1) is 0 Å². The molecular weight excluding hydrogens is 173 g/mol. The van der Waals surface area contributed by atoms with E-state index in [1.54, 1.807) is 0 Å². The fraction of sp³-hybridized carbons (Fsp3) is 0.200. The first-order chi connectivity index (χ1) is 4.75. The third kappa shape index (κ3) is 1.23. The molecule has 0 aromatic rings. The number of nitrogens with zero attached hydrogens (tertiary/aromatic N) is 3. The molecule has 1 rings (SSSR count). The molecule has 3 nitrogen and oxygen atoms in total. The summed E-state index contributed by atoms with van der Waals surface area (Å²) < 4.78 is 1.07. The zero-order valence-corrected chi connectivity index (χ0v) is 6.34. The van der Waals surface area contributed by atoms with E-state index >= 15 is 0 Å². The molecule has 1 heterocycles. The highest BCUT2D eigenvalue weighted by Crippen LogP contribution is 2.19. The van der Waals surface area contributed by atoms with Gasteiger partial charge in [-0.15, -0.1) is 0 Å². The highest BCUT2D eigenvalue weighted by molar-refractivity contribution is 6.34. The van der Waals surface area contributed by atoms with E-state index in [9.17, 15) is 0 Å². The van der Waals surface area contributed by atoms with Crippen molar-refractivity contribution < 1.29 is 0 Å². The molecule has 10 heavy (non-hydrogen) atoms. The maximum absolute atomic E-state index is 8.40. The second-order valence-corrected chi connectivity index (χ2v) is 2.35. The van der Waals surface area contributed by atoms with Crippen molar-refractivity contribution >= 4 is 29.6 Å². The molecule has 1 unspecified atom stereocenters. The van der Waals surface area contributed by atoms with Gasteiger partial charge in [0, 0.05) is 18.0 Å². The summed E-state index contributed by atoms with van der Waals surface area (Å²) in [6.45, 7) is 0. The summed E-state index contributed by atoms with van der Waals surface area (Å²) >= 11 is 11.1. The smallest absolute Gasteiger partial charge is 0.223 e. The normalized spacial score (nSPS) is 23.9. The Balaban J connectivity index is 2.80. The van der Waals surface area contributed by atoms with Gasteiger partial charge in [0.15, 0.2) is 0 Å². The van der Waals surface area contributed by atoms with Crippen molar-refractivity contribution in [2.45, 2.75) is 6.17 Å². The van der Waals surface area contributed by atoms with Gasteiger partial charge in [-0.2, -0.15) is 5.26 Å². The predicted molar refractivity (Wildman–Crippen MR) is 39.5 cm³/mol. The van der Waals surface area contributed by atoms with E-state index in [1.807, 2.05) is 6.07 Å². The fourth-order valence-electron chi connectivity index (χ4n) is 0.517. The molecule has 0 bridgehead atoms. The van der Waals surface area contributed by atoms with E-state index in [-0.39, 0.29) is 0 Å². The molecule has 0 amide bonds. The number of aliphatic imine (C=N–C) groups is 1. The number of hydrogen-bond acceptors (Lipinski definition) is 3. The first-order valence-electron chi connectivity index (χ1n) is 2.49. The molecule has 0 spiro atoms. The number of rotatable bonds is 0. The lowest BCUT2D eigenvalue weighted by Crippen LogP contribution is -2.23. The number of allylic oxidation sites excluding steroid dienone is 1. The Kier molecular flexibility index (Phi) is 2.15. The van der Waals surface area contributed by atoms with Gasteiger partial charge < -0.3 is 0 Å².